The van der Waals surface area contributed by atoms with Crippen molar-refractivity contribution in [1.82, 2.24) is 0 Å². The number of halogens is 3. The van der Waals surface area contributed by atoms with E-state index in [2.05, 4.69) is 72.2 Å². The molecule has 1 aliphatic rings. The number of hydrogen-bond donors (Lipinski definition) is 1. The number of hydrogen-bond acceptors (Lipinski definition) is 1. The van der Waals surface area contributed by atoms with Crippen LogP contribution in [0.2, 0.25) is 0 Å². The Morgan fingerprint density at radius 1 is 1.12 bits per heavy atom. The molecule has 1 aliphatic carbocycles. The minimum absolute atomic E-state index is 0.534. The molecule has 0 saturated heterocycles. The summed E-state index contributed by atoms with van der Waals surface area (Å²) in [6.07, 6.45) is 5.50. The summed E-state index contributed by atoms with van der Waals surface area (Å²) >= 11 is 10.7. The van der Waals surface area contributed by atoms with E-state index in [0.29, 0.717) is 6.04 Å². The molecule has 0 radical (unpaired) electrons. The van der Waals surface area contributed by atoms with Crippen LogP contribution in [0.5, 0.6) is 0 Å². The quantitative estimate of drug-likeness (QED) is 0.629. The summed E-state index contributed by atoms with van der Waals surface area (Å²) in [7, 11) is 0. The van der Waals surface area contributed by atoms with Crippen molar-refractivity contribution in [2.45, 2.75) is 38.6 Å². The lowest BCUT2D eigenvalue weighted by Crippen LogP contribution is -2.24. The van der Waals surface area contributed by atoms with Crippen molar-refractivity contribution in [1.29, 1.82) is 0 Å². The van der Waals surface area contributed by atoms with Gasteiger partial charge in [0.25, 0.3) is 0 Å². The van der Waals surface area contributed by atoms with Crippen LogP contribution in [0.15, 0.2) is 25.6 Å². The predicted octanol–water partition coefficient (Wildman–Crippen LogP) is 5.96. The minimum atomic E-state index is 0.534. The average Bonchev–Trinajstić information content (AvgIpc) is 2.76. The van der Waals surface area contributed by atoms with Gasteiger partial charge in [0.15, 0.2) is 0 Å². The molecule has 1 saturated carbocycles. The zero-order valence-corrected chi connectivity index (χ0v) is 14.5. The van der Waals surface area contributed by atoms with E-state index in [1.807, 2.05) is 0 Å². The van der Waals surface area contributed by atoms with Gasteiger partial charge in [-0.1, -0.05) is 28.8 Å². The number of rotatable bonds is 3. The molecule has 1 nitrogen and oxygen atoms in total. The maximum atomic E-state index is 3.63. The first-order chi connectivity index (χ1) is 8.08. The molecule has 0 heterocycles. The summed E-state index contributed by atoms with van der Waals surface area (Å²) in [6.45, 7) is 2.29. The van der Waals surface area contributed by atoms with Crippen molar-refractivity contribution in [2.75, 3.05) is 5.32 Å². The first-order valence-electron chi connectivity index (χ1n) is 5.99. The van der Waals surface area contributed by atoms with Gasteiger partial charge in [-0.25, -0.2) is 0 Å². The lowest BCUT2D eigenvalue weighted by molar-refractivity contribution is 0.482. The Kier molecular flexibility index (Phi) is 4.96. The summed E-state index contributed by atoms with van der Waals surface area (Å²) in [4.78, 5) is 0. The van der Waals surface area contributed by atoms with Gasteiger partial charge in [0.1, 0.15) is 0 Å². The van der Waals surface area contributed by atoms with Crippen molar-refractivity contribution >= 4 is 53.5 Å². The molecule has 2 rings (SSSR count). The molecular weight excluding hydrogens is 410 g/mol. The molecule has 1 atom stereocenters. The van der Waals surface area contributed by atoms with Gasteiger partial charge >= 0.3 is 0 Å². The van der Waals surface area contributed by atoms with Crippen LogP contribution >= 0.6 is 47.8 Å². The van der Waals surface area contributed by atoms with Gasteiger partial charge in [-0.15, -0.1) is 0 Å². The second kappa shape index (κ2) is 6.07. The molecule has 0 bridgehead atoms. The van der Waals surface area contributed by atoms with E-state index in [1.165, 1.54) is 25.7 Å². The largest absolute Gasteiger partial charge is 0.380 e. The summed E-state index contributed by atoms with van der Waals surface area (Å²) in [5, 5.41) is 3.63. The van der Waals surface area contributed by atoms with Crippen LogP contribution in [0.1, 0.15) is 32.6 Å². The fourth-order valence-corrected chi connectivity index (χ4v) is 4.97. The van der Waals surface area contributed by atoms with Gasteiger partial charge in [0, 0.05) is 19.5 Å². The van der Waals surface area contributed by atoms with Gasteiger partial charge in [0.05, 0.1) is 5.69 Å². The third kappa shape index (κ3) is 3.48. The number of benzene rings is 1. The first-order valence-corrected chi connectivity index (χ1v) is 8.37. The van der Waals surface area contributed by atoms with Crippen molar-refractivity contribution < 1.29 is 0 Å². The van der Waals surface area contributed by atoms with E-state index in [4.69, 9.17) is 0 Å². The zero-order chi connectivity index (χ0) is 12.4. The zero-order valence-electron chi connectivity index (χ0n) is 9.77. The van der Waals surface area contributed by atoms with E-state index >= 15 is 0 Å². The van der Waals surface area contributed by atoms with E-state index < -0.39 is 0 Å². The topological polar surface area (TPSA) is 12.0 Å². The highest BCUT2D eigenvalue weighted by molar-refractivity contribution is 9.11. The fraction of sp³-hybridized carbons (Fsp3) is 0.538. The van der Waals surface area contributed by atoms with Crippen LogP contribution in [0.25, 0.3) is 0 Å². The third-order valence-electron chi connectivity index (χ3n) is 3.49. The van der Waals surface area contributed by atoms with E-state index in [0.717, 1.165) is 25.0 Å². The van der Waals surface area contributed by atoms with Gasteiger partial charge in [-0.05, 0) is 69.7 Å². The molecule has 0 spiro atoms. The molecule has 0 aliphatic heterocycles. The van der Waals surface area contributed by atoms with Gasteiger partial charge in [0.2, 0.25) is 0 Å². The maximum Gasteiger partial charge on any atom is 0.0631 e. The molecule has 0 amide bonds. The Morgan fingerprint density at radius 2 is 1.65 bits per heavy atom. The Balaban J connectivity index is 2.12. The first kappa shape index (κ1) is 13.9. The van der Waals surface area contributed by atoms with Crippen LogP contribution in [0, 0.1) is 5.92 Å². The Morgan fingerprint density at radius 3 is 2.18 bits per heavy atom. The molecule has 17 heavy (non-hydrogen) atoms. The minimum Gasteiger partial charge on any atom is -0.380 e. The molecule has 0 aromatic heterocycles. The Labute approximate surface area is 128 Å². The standard InChI is InChI=1S/C13H16Br3N/c1-8(9-4-2-3-5-9)17-13-11(15)6-10(14)7-12(13)16/h6-9,17H,2-5H2,1H3. The second-order valence-corrected chi connectivity index (χ2v) is 7.35. The molecule has 4 heteroatoms. The lowest BCUT2D eigenvalue weighted by Gasteiger charge is -2.23. The van der Waals surface area contributed by atoms with Crippen molar-refractivity contribution in [3.05, 3.63) is 25.6 Å². The van der Waals surface area contributed by atoms with Crippen LogP contribution in [0.4, 0.5) is 5.69 Å². The van der Waals surface area contributed by atoms with E-state index in [9.17, 15) is 0 Å². The lowest BCUT2D eigenvalue weighted by atomic mass is 9.99. The van der Waals surface area contributed by atoms with Gasteiger partial charge in [-0.3, -0.25) is 0 Å². The number of nitrogens with one attached hydrogen (secondary N) is 1. The maximum absolute atomic E-state index is 3.63. The van der Waals surface area contributed by atoms with Gasteiger partial charge in [-0.2, -0.15) is 0 Å². The SMILES string of the molecule is CC(Nc1c(Br)cc(Br)cc1Br)C1CCCC1. The second-order valence-electron chi connectivity index (χ2n) is 4.72. The molecule has 1 unspecified atom stereocenters. The highest BCUT2D eigenvalue weighted by Gasteiger charge is 2.22. The van der Waals surface area contributed by atoms with Gasteiger partial charge < -0.3 is 5.32 Å². The average molecular weight is 426 g/mol. The molecule has 1 N–H and O–H groups in total. The molecule has 1 aromatic carbocycles. The third-order valence-corrected chi connectivity index (χ3v) is 5.19. The molecule has 94 valence electrons. The van der Waals surface area contributed by atoms with Crippen LogP contribution in [-0.2, 0) is 0 Å². The predicted molar refractivity (Wildman–Crippen MR) is 84.6 cm³/mol. The van der Waals surface area contributed by atoms with Crippen molar-refractivity contribution in [2.24, 2.45) is 5.92 Å². The van der Waals surface area contributed by atoms with Crippen LogP contribution < -0.4 is 5.32 Å². The molecular formula is C13H16Br3N. The van der Waals surface area contributed by atoms with E-state index in [1.54, 1.807) is 0 Å². The summed E-state index contributed by atoms with van der Waals surface area (Å²) in [6, 6.07) is 4.69. The normalized spacial score (nSPS) is 18.4. The highest BCUT2D eigenvalue weighted by atomic mass is 79.9. The van der Waals surface area contributed by atoms with Crippen LogP contribution in [0.3, 0.4) is 0 Å². The summed E-state index contributed by atoms with van der Waals surface area (Å²) < 4.78 is 3.28. The number of anilines is 1. The summed E-state index contributed by atoms with van der Waals surface area (Å²) in [5.74, 6) is 0.817. The summed E-state index contributed by atoms with van der Waals surface area (Å²) in [5.41, 5.74) is 1.16. The Bertz CT molecular complexity index is 377. The monoisotopic (exact) mass is 423 g/mol. The smallest absolute Gasteiger partial charge is 0.0631 e. The molecule has 1 fully saturated rings. The van der Waals surface area contributed by atoms with Crippen molar-refractivity contribution in [3.63, 3.8) is 0 Å². The van der Waals surface area contributed by atoms with Crippen molar-refractivity contribution in [3.8, 4) is 0 Å². The van der Waals surface area contributed by atoms with E-state index in [-0.39, 0.29) is 0 Å². The highest BCUT2D eigenvalue weighted by Crippen LogP contribution is 2.37. The Hall–Kier alpha value is 0.460. The van der Waals surface area contributed by atoms with Crippen LogP contribution in [-0.4, -0.2) is 6.04 Å². The molecule has 1 aromatic rings. The fourth-order valence-electron chi connectivity index (χ4n) is 2.48.